The number of aryl methyl sites for hydroxylation is 2. The number of hydrogen-bond acceptors (Lipinski definition) is 3. The number of thiocarbonyl (C=S) groups is 2. The Morgan fingerprint density at radius 2 is 1.84 bits per heavy atom. The van der Waals surface area contributed by atoms with Crippen LogP contribution < -0.4 is 26.4 Å². The zero-order valence-corrected chi connectivity index (χ0v) is 16.5. The average Bonchev–Trinajstić information content (AvgIpc) is 2.60. The van der Waals surface area contributed by atoms with Gasteiger partial charge in [-0.25, -0.2) is 0 Å². The minimum Gasteiger partial charge on any atom is -0.370 e. The molecule has 1 heterocycles. The van der Waals surface area contributed by atoms with E-state index < -0.39 is 0 Å². The second-order valence-electron chi connectivity index (χ2n) is 6.24. The van der Waals surface area contributed by atoms with Gasteiger partial charge in [0.15, 0.2) is 10.2 Å². The van der Waals surface area contributed by atoms with Crippen LogP contribution in [0.1, 0.15) is 17.5 Å². The second kappa shape index (κ2) is 10.5. The highest BCUT2D eigenvalue weighted by atomic mass is 32.1. The third-order valence-corrected chi connectivity index (χ3v) is 4.56. The molecule has 1 aromatic carbocycles. The summed E-state index contributed by atoms with van der Waals surface area (Å²) in [6, 6.07) is 6.18. The number of anilines is 1. The molecule has 1 aliphatic heterocycles. The van der Waals surface area contributed by atoms with E-state index in [-0.39, 0.29) is 0 Å². The molecule has 25 heavy (non-hydrogen) atoms. The van der Waals surface area contributed by atoms with Crippen LogP contribution in [0.25, 0.3) is 0 Å². The summed E-state index contributed by atoms with van der Waals surface area (Å²) in [5.74, 6) is 0. The van der Waals surface area contributed by atoms with E-state index in [1.54, 1.807) is 4.90 Å². The van der Waals surface area contributed by atoms with Crippen LogP contribution in [0.5, 0.6) is 0 Å². The number of morpholine rings is 1. The van der Waals surface area contributed by atoms with Crippen molar-refractivity contribution in [3.8, 4) is 0 Å². The largest absolute Gasteiger partial charge is 0.370 e. The predicted molar refractivity (Wildman–Crippen MR) is 110 cm³/mol. The molecule has 0 amide bonds. The Labute approximate surface area is 160 Å². The summed E-state index contributed by atoms with van der Waals surface area (Å²) in [6.07, 6.45) is 1.07. The van der Waals surface area contributed by atoms with E-state index in [0.29, 0.717) is 10.2 Å². The highest BCUT2D eigenvalue weighted by Crippen LogP contribution is 2.15. The molecule has 138 valence electrons. The van der Waals surface area contributed by atoms with E-state index in [9.17, 15) is 0 Å². The summed E-state index contributed by atoms with van der Waals surface area (Å²) < 4.78 is 5.36. The van der Waals surface area contributed by atoms with Crippen LogP contribution in [-0.4, -0.2) is 49.6 Å². The molecule has 0 spiro atoms. The van der Waals surface area contributed by atoms with Gasteiger partial charge >= 0.3 is 0 Å². The molecule has 2 rings (SSSR count). The van der Waals surface area contributed by atoms with Crippen LogP contribution in [0.2, 0.25) is 0 Å². The summed E-state index contributed by atoms with van der Waals surface area (Å²) in [4.78, 5) is 1.60. The Hall–Kier alpha value is -1.48. The molecule has 1 aliphatic rings. The number of hydrogen-bond donors (Lipinski definition) is 5. The number of hydrazine groups is 1. The van der Waals surface area contributed by atoms with E-state index >= 15 is 0 Å². The van der Waals surface area contributed by atoms with E-state index in [0.717, 1.165) is 57.1 Å². The van der Waals surface area contributed by atoms with Gasteiger partial charge in [-0.1, -0.05) is 17.7 Å². The lowest BCUT2D eigenvalue weighted by atomic mass is 10.1. The smallest absolute Gasteiger partial charge is 0.189 e. The first-order valence-corrected chi connectivity index (χ1v) is 9.45. The van der Waals surface area contributed by atoms with Crippen LogP contribution in [0.3, 0.4) is 0 Å². The first kappa shape index (κ1) is 19.8. The zero-order valence-electron chi connectivity index (χ0n) is 14.9. The summed E-state index contributed by atoms with van der Waals surface area (Å²) in [7, 11) is 0. The van der Waals surface area contributed by atoms with Crippen molar-refractivity contribution in [2.24, 2.45) is 0 Å². The van der Waals surface area contributed by atoms with Crippen molar-refractivity contribution in [1.82, 2.24) is 16.2 Å². The fourth-order valence-corrected chi connectivity index (χ4v) is 3.03. The predicted octanol–water partition coefficient (Wildman–Crippen LogP) is 0.274. The van der Waals surface area contributed by atoms with Gasteiger partial charge < -0.3 is 20.3 Å². The zero-order chi connectivity index (χ0) is 18.1. The van der Waals surface area contributed by atoms with Crippen molar-refractivity contribution in [3.63, 3.8) is 0 Å². The fraction of sp³-hybridized carbons (Fsp3) is 0.529. The first-order chi connectivity index (χ1) is 12.0. The Kier molecular flexibility index (Phi) is 8.33. The monoisotopic (exact) mass is 382 g/mol. The molecule has 0 saturated carbocycles. The average molecular weight is 383 g/mol. The van der Waals surface area contributed by atoms with Gasteiger partial charge in [0.1, 0.15) is 13.1 Å². The molecular formula is C17H28N5OS2+. The summed E-state index contributed by atoms with van der Waals surface area (Å²) in [6.45, 7) is 10.0. The maximum Gasteiger partial charge on any atom is 0.189 e. The third-order valence-electron chi connectivity index (χ3n) is 4.11. The van der Waals surface area contributed by atoms with Gasteiger partial charge in [0.2, 0.25) is 0 Å². The molecule has 0 unspecified atom stereocenters. The molecule has 0 atom stereocenters. The molecule has 1 aromatic rings. The Balaban J connectivity index is 1.58. The number of nitrogens with one attached hydrogen (secondary N) is 5. The van der Waals surface area contributed by atoms with Crippen LogP contribution in [0.15, 0.2) is 18.2 Å². The Morgan fingerprint density at radius 1 is 1.12 bits per heavy atom. The van der Waals surface area contributed by atoms with E-state index in [4.69, 9.17) is 29.2 Å². The van der Waals surface area contributed by atoms with Crippen LogP contribution >= 0.6 is 24.4 Å². The lowest BCUT2D eigenvalue weighted by molar-refractivity contribution is -0.908. The SMILES string of the molecule is Cc1ccc(NC(=S)NNC(=S)NCCC[NH+]2CCOCC2)c(C)c1. The standard InChI is InChI=1S/C17H27N5OS2/c1-13-4-5-15(14(2)12-13)19-17(25)21-20-16(24)18-6-3-7-22-8-10-23-11-9-22/h4-5,12H,3,6-11H2,1-2H3,(H2,18,20,24)(H2,19,21,25)/p+1. The molecule has 8 heteroatoms. The maximum absolute atomic E-state index is 5.36. The summed E-state index contributed by atoms with van der Waals surface area (Å²) in [5, 5.41) is 7.37. The number of quaternary nitrogens is 1. The topological polar surface area (TPSA) is 61.8 Å². The highest BCUT2D eigenvalue weighted by molar-refractivity contribution is 7.80. The number of rotatable bonds is 5. The van der Waals surface area contributed by atoms with Gasteiger partial charge in [-0.3, -0.25) is 10.9 Å². The van der Waals surface area contributed by atoms with Crippen molar-refractivity contribution in [3.05, 3.63) is 29.3 Å². The molecule has 5 N–H and O–H groups in total. The molecule has 0 radical (unpaired) electrons. The van der Waals surface area contributed by atoms with E-state index in [2.05, 4.69) is 34.5 Å². The van der Waals surface area contributed by atoms with Crippen molar-refractivity contribution >= 4 is 40.3 Å². The highest BCUT2D eigenvalue weighted by Gasteiger charge is 2.12. The van der Waals surface area contributed by atoms with Crippen LogP contribution in [0, 0.1) is 13.8 Å². The fourth-order valence-electron chi connectivity index (χ4n) is 2.72. The van der Waals surface area contributed by atoms with Crippen molar-refractivity contribution in [1.29, 1.82) is 0 Å². The van der Waals surface area contributed by atoms with Gasteiger partial charge in [0.25, 0.3) is 0 Å². The molecule has 6 nitrogen and oxygen atoms in total. The summed E-state index contributed by atoms with van der Waals surface area (Å²) >= 11 is 10.5. The van der Waals surface area contributed by atoms with Gasteiger partial charge in [-0.05, 0) is 49.9 Å². The van der Waals surface area contributed by atoms with Crippen molar-refractivity contribution in [2.45, 2.75) is 20.3 Å². The number of benzene rings is 1. The van der Waals surface area contributed by atoms with Crippen LogP contribution in [0.4, 0.5) is 5.69 Å². The normalized spacial score (nSPS) is 14.6. The molecule has 0 aromatic heterocycles. The molecule has 0 aliphatic carbocycles. The first-order valence-electron chi connectivity index (χ1n) is 8.64. The lowest BCUT2D eigenvalue weighted by Gasteiger charge is -2.23. The van der Waals surface area contributed by atoms with Crippen LogP contribution in [-0.2, 0) is 4.74 Å². The van der Waals surface area contributed by atoms with E-state index in [1.165, 1.54) is 5.56 Å². The second-order valence-corrected chi connectivity index (χ2v) is 7.06. The minimum atomic E-state index is 0.480. The Morgan fingerprint density at radius 3 is 2.56 bits per heavy atom. The quantitative estimate of drug-likeness (QED) is 0.285. The number of ether oxygens (including phenoxy) is 1. The minimum absolute atomic E-state index is 0.480. The lowest BCUT2D eigenvalue weighted by Crippen LogP contribution is -3.14. The molecule has 0 bridgehead atoms. The molecular weight excluding hydrogens is 354 g/mol. The molecule has 1 fully saturated rings. The van der Waals surface area contributed by atoms with Gasteiger partial charge in [0.05, 0.1) is 19.8 Å². The van der Waals surface area contributed by atoms with E-state index in [1.807, 2.05) is 19.1 Å². The van der Waals surface area contributed by atoms with Gasteiger partial charge in [-0.15, -0.1) is 0 Å². The third kappa shape index (κ3) is 7.52. The maximum atomic E-state index is 5.36. The van der Waals surface area contributed by atoms with Gasteiger partial charge in [0, 0.05) is 18.7 Å². The van der Waals surface area contributed by atoms with Crippen molar-refractivity contribution < 1.29 is 9.64 Å². The van der Waals surface area contributed by atoms with Gasteiger partial charge in [-0.2, -0.15) is 0 Å². The Bertz CT molecular complexity index is 590. The summed E-state index contributed by atoms with van der Waals surface area (Å²) in [5.41, 5.74) is 9.18. The van der Waals surface area contributed by atoms with Crippen molar-refractivity contribution in [2.75, 3.05) is 44.7 Å². The molecule has 1 saturated heterocycles.